The molecule has 3 N–H and O–H groups in total. The fourth-order valence-corrected chi connectivity index (χ4v) is 4.95. The van der Waals surface area contributed by atoms with Crippen LogP contribution in [0.2, 0.25) is 0 Å². The van der Waals surface area contributed by atoms with Gasteiger partial charge in [-0.05, 0) is 56.7 Å². The fourth-order valence-electron chi connectivity index (χ4n) is 4.95. The summed E-state index contributed by atoms with van der Waals surface area (Å²) >= 11 is 0. The Hall–Kier alpha value is -5.70. The van der Waals surface area contributed by atoms with Crippen LogP contribution in [0.25, 0.3) is 0 Å². The van der Waals surface area contributed by atoms with Crippen LogP contribution in [0.5, 0.6) is 0 Å². The van der Waals surface area contributed by atoms with E-state index in [1.165, 1.54) is 55.2 Å². The number of carbonyl (C=O) groups excluding carboxylic acids is 4. The number of hydrogen-bond acceptors (Lipinski definition) is 7. The maximum absolute atomic E-state index is 14.8. The van der Waals surface area contributed by atoms with Gasteiger partial charge >= 0.3 is 6.18 Å². The molecule has 1 atom stereocenters. The highest BCUT2D eigenvalue weighted by Crippen LogP contribution is 2.34. The summed E-state index contributed by atoms with van der Waals surface area (Å²) in [5, 5.41) is 20.2. The number of nitriles is 1. The standard InChI is InChI=1S/C32H27F4N7O4/c1-31(2,30(47)39-21-6-5-20(13-37)24(11-21)32(34,35)36)43-17-18(14-38-43)3-4-19-15-42(16-19)22-7-8-23(25(33)12-22)28(45)40-26-9-10-27(44)41-29(26)46/h5-8,11-12,14,17,19,26H,9-10,15-16H2,1-2H3,(H,39,47)(H,40,45)(H,41,44,46). The van der Waals surface area contributed by atoms with E-state index in [2.05, 4.69) is 32.9 Å². The Morgan fingerprint density at radius 1 is 1.11 bits per heavy atom. The van der Waals surface area contributed by atoms with Gasteiger partial charge in [-0.1, -0.05) is 11.8 Å². The van der Waals surface area contributed by atoms with Crippen molar-refractivity contribution >= 4 is 35.0 Å². The quantitative estimate of drug-likeness (QED) is 0.211. The van der Waals surface area contributed by atoms with Gasteiger partial charge in [-0.25, -0.2) is 4.39 Å². The molecule has 3 aromatic rings. The summed E-state index contributed by atoms with van der Waals surface area (Å²) < 4.78 is 56.1. The van der Waals surface area contributed by atoms with Crippen molar-refractivity contribution < 1.29 is 36.7 Å². The number of benzene rings is 2. The zero-order chi connectivity index (χ0) is 34.1. The van der Waals surface area contributed by atoms with Gasteiger partial charge in [-0.3, -0.25) is 29.2 Å². The van der Waals surface area contributed by atoms with E-state index in [0.29, 0.717) is 30.4 Å². The van der Waals surface area contributed by atoms with Crippen LogP contribution in [0, 0.1) is 34.9 Å². The van der Waals surface area contributed by atoms with E-state index in [1.807, 2.05) is 4.90 Å². The molecule has 4 amide bonds. The van der Waals surface area contributed by atoms with Crippen molar-refractivity contribution in [3.8, 4) is 17.9 Å². The molecule has 0 bridgehead atoms. The number of rotatable bonds is 6. The van der Waals surface area contributed by atoms with Gasteiger partial charge in [0.05, 0.1) is 40.4 Å². The van der Waals surface area contributed by atoms with Gasteiger partial charge in [0, 0.05) is 37.1 Å². The Morgan fingerprint density at radius 2 is 1.85 bits per heavy atom. The second kappa shape index (κ2) is 12.6. The molecular weight excluding hydrogens is 622 g/mol. The van der Waals surface area contributed by atoms with Gasteiger partial charge in [0.1, 0.15) is 17.4 Å². The first kappa shape index (κ1) is 32.7. The number of aromatic nitrogens is 2. The van der Waals surface area contributed by atoms with Gasteiger partial charge < -0.3 is 15.5 Å². The zero-order valence-electron chi connectivity index (χ0n) is 25.0. The van der Waals surface area contributed by atoms with Crippen LogP contribution in [0.15, 0.2) is 48.8 Å². The number of halogens is 4. The van der Waals surface area contributed by atoms with Crippen molar-refractivity contribution in [3.63, 3.8) is 0 Å². The molecule has 3 heterocycles. The van der Waals surface area contributed by atoms with Gasteiger partial charge in [0.15, 0.2) is 0 Å². The first-order valence-corrected chi connectivity index (χ1v) is 14.3. The highest BCUT2D eigenvalue weighted by Gasteiger charge is 2.36. The lowest BCUT2D eigenvalue weighted by Gasteiger charge is -2.38. The molecule has 0 saturated carbocycles. The number of alkyl halides is 3. The molecule has 5 rings (SSSR count). The Balaban J connectivity index is 1.16. The smallest absolute Gasteiger partial charge is 0.369 e. The van der Waals surface area contributed by atoms with Crippen molar-refractivity contribution in [3.05, 3.63) is 76.9 Å². The first-order valence-electron chi connectivity index (χ1n) is 14.3. The summed E-state index contributed by atoms with van der Waals surface area (Å²) in [5.74, 6) is 2.80. The second-order valence-corrected chi connectivity index (χ2v) is 11.6. The van der Waals surface area contributed by atoms with E-state index in [1.54, 1.807) is 6.07 Å². The average Bonchev–Trinajstić information content (AvgIpc) is 3.47. The predicted molar refractivity (Wildman–Crippen MR) is 159 cm³/mol. The summed E-state index contributed by atoms with van der Waals surface area (Å²) in [5.41, 5.74) is -2.33. The van der Waals surface area contributed by atoms with Gasteiger partial charge in [0.2, 0.25) is 11.8 Å². The normalized spacial score (nSPS) is 16.7. The summed E-state index contributed by atoms with van der Waals surface area (Å²) in [7, 11) is 0. The largest absolute Gasteiger partial charge is 0.417 e. The number of nitrogens with zero attached hydrogens (tertiary/aromatic N) is 4. The van der Waals surface area contributed by atoms with E-state index in [4.69, 9.17) is 5.26 Å². The maximum atomic E-state index is 14.8. The van der Waals surface area contributed by atoms with Crippen molar-refractivity contribution in [2.24, 2.45) is 5.92 Å². The molecule has 2 fully saturated rings. The monoisotopic (exact) mass is 649 g/mol. The number of nitrogens with one attached hydrogen (secondary N) is 3. The first-order chi connectivity index (χ1) is 22.1. The van der Waals surface area contributed by atoms with Crippen LogP contribution in [-0.4, -0.2) is 52.5 Å². The van der Waals surface area contributed by atoms with Crippen molar-refractivity contribution in [2.75, 3.05) is 23.3 Å². The highest BCUT2D eigenvalue weighted by molar-refractivity contribution is 6.04. The van der Waals surface area contributed by atoms with Gasteiger partial charge in [-0.2, -0.15) is 23.5 Å². The lowest BCUT2D eigenvalue weighted by molar-refractivity contribution is -0.138. The molecule has 0 spiro atoms. The Labute approximate surface area is 265 Å². The van der Waals surface area contributed by atoms with E-state index in [0.717, 1.165) is 6.07 Å². The van der Waals surface area contributed by atoms with E-state index < -0.39 is 58.3 Å². The molecule has 1 unspecified atom stereocenters. The molecule has 2 aliphatic heterocycles. The lowest BCUT2D eigenvalue weighted by atomic mass is 9.99. The number of piperidine rings is 1. The third-order valence-electron chi connectivity index (χ3n) is 7.82. The van der Waals surface area contributed by atoms with E-state index in [9.17, 15) is 36.7 Å². The van der Waals surface area contributed by atoms with Crippen LogP contribution in [0.3, 0.4) is 0 Å². The Morgan fingerprint density at radius 3 is 2.51 bits per heavy atom. The van der Waals surface area contributed by atoms with Crippen LogP contribution < -0.4 is 20.9 Å². The highest BCUT2D eigenvalue weighted by atomic mass is 19.4. The van der Waals surface area contributed by atoms with E-state index >= 15 is 0 Å². The summed E-state index contributed by atoms with van der Waals surface area (Å²) in [6.07, 6.45) is -1.57. The average molecular weight is 650 g/mol. The molecular formula is C32H27F4N7O4. The predicted octanol–water partition coefficient (Wildman–Crippen LogP) is 3.31. The molecule has 15 heteroatoms. The molecule has 0 radical (unpaired) electrons. The second-order valence-electron chi connectivity index (χ2n) is 11.6. The van der Waals surface area contributed by atoms with Crippen molar-refractivity contribution in [1.82, 2.24) is 20.4 Å². The summed E-state index contributed by atoms with van der Waals surface area (Å²) in [6, 6.07) is 7.62. The molecule has 2 aliphatic rings. The SMILES string of the molecule is CC(C)(C(=O)Nc1ccc(C#N)c(C(F)(F)F)c1)n1cc(C#CC2CN(c3ccc(C(=O)NC4CCC(=O)NC4=O)c(F)c3)C2)cn1. The topological polar surface area (TPSA) is 149 Å². The molecule has 242 valence electrons. The number of carbonyl (C=O) groups is 4. The lowest BCUT2D eigenvalue weighted by Crippen LogP contribution is -2.52. The van der Waals surface area contributed by atoms with Gasteiger partial charge in [0.25, 0.3) is 11.8 Å². The minimum atomic E-state index is -4.77. The molecule has 1 aromatic heterocycles. The maximum Gasteiger partial charge on any atom is 0.417 e. The Kier molecular flexibility index (Phi) is 8.76. The summed E-state index contributed by atoms with van der Waals surface area (Å²) in [4.78, 5) is 50.6. The van der Waals surface area contributed by atoms with Crippen LogP contribution in [0.1, 0.15) is 53.7 Å². The number of hydrogen-bond donors (Lipinski definition) is 3. The van der Waals surface area contributed by atoms with Crippen LogP contribution in [0.4, 0.5) is 28.9 Å². The minimum absolute atomic E-state index is 0.0626. The molecule has 2 saturated heterocycles. The molecule has 2 aromatic carbocycles. The van der Waals surface area contributed by atoms with Gasteiger partial charge in [-0.15, -0.1) is 0 Å². The zero-order valence-corrected chi connectivity index (χ0v) is 25.0. The number of amides is 4. The van der Waals surface area contributed by atoms with Crippen molar-refractivity contribution in [1.29, 1.82) is 5.26 Å². The minimum Gasteiger partial charge on any atom is -0.369 e. The number of imide groups is 1. The third-order valence-corrected chi connectivity index (χ3v) is 7.82. The Bertz CT molecular complexity index is 1880. The molecule has 47 heavy (non-hydrogen) atoms. The molecule has 0 aliphatic carbocycles. The molecule has 11 nitrogen and oxygen atoms in total. The van der Waals surface area contributed by atoms with Crippen molar-refractivity contribution in [2.45, 2.75) is 44.4 Å². The van der Waals surface area contributed by atoms with E-state index in [-0.39, 0.29) is 30.0 Å². The fraction of sp³-hybridized carbons (Fsp3) is 0.312. The van der Waals surface area contributed by atoms with Crippen LogP contribution in [-0.2, 0) is 26.1 Å². The number of anilines is 2. The van der Waals surface area contributed by atoms with Crippen LogP contribution >= 0.6 is 0 Å². The summed E-state index contributed by atoms with van der Waals surface area (Å²) in [6.45, 7) is 4.04. The third kappa shape index (κ3) is 7.09.